The molecule has 1 aliphatic rings. The van der Waals surface area contributed by atoms with E-state index in [1.54, 1.807) is 16.8 Å². The van der Waals surface area contributed by atoms with Crippen LogP contribution in [0.5, 0.6) is 0 Å². The van der Waals surface area contributed by atoms with Gasteiger partial charge in [-0.3, -0.25) is 4.68 Å². The molecular weight excluding hydrogens is 338 g/mol. The van der Waals surface area contributed by atoms with Crippen LogP contribution < -0.4 is 0 Å². The van der Waals surface area contributed by atoms with E-state index in [1.165, 1.54) is 6.26 Å². The summed E-state index contributed by atoms with van der Waals surface area (Å²) in [6.45, 7) is 5.36. The van der Waals surface area contributed by atoms with E-state index in [-0.39, 0.29) is 6.04 Å². The van der Waals surface area contributed by atoms with Crippen LogP contribution in [-0.4, -0.2) is 51.8 Å². The van der Waals surface area contributed by atoms with E-state index in [2.05, 4.69) is 28.9 Å². The van der Waals surface area contributed by atoms with Crippen molar-refractivity contribution in [3.05, 3.63) is 30.4 Å². The molecule has 7 nitrogen and oxygen atoms in total. The minimum Gasteiger partial charge on any atom is -0.261 e. The van der Waals surface area contributed by atoms with Crippen LogP contribution in [-0.2, 0) is 16.4 Å². The Morgan fingerprint density at radius 2 is 2.12 bits per heavy atom. The third-order valence-electron chi connectivity index (χ3n) is 4.59. The highest BCUT2D eigenvalue weighted by Crippen LogP contribution is 2.24. The van der Waals surface area contributed by atoms with Gasteiger partial charge in [0.15, 0.2) is 0 Å². The van der Waals surface area contributed by atoms with Gasteiger partial charge in [0, 0.05) is 31.0 Å². The van der Waals surface area contributed by atoms with Gasteiger partial charge in [-0.05, 0) is 51.2 Å². The van der Waals surface area contributed by atoms with Gasteiger partial charge >= 0.3 is 0 Å². The molecule has 25 heavy (non-hydrogen) atoms. The fraction of sp³-hybridized carbons (Fsp3) is 0.588. The minimum atomic E-state index is -3.12. The number of hydrogen-bond acceptors (Lipinski definition) is 5. The average molecular weight is 363 g/mol. The molecule has 0 saturated carbocycles. The lowest BCUT2D eigenvalue weighted by Gasteiger charge is -2.30. The monoisotopic (exact) mass is 363 g/mol. The second-order valence-corrected chi connectivity index (χ2v) is 8.97. The summed E-state index contributed by atoms with van der Waals surface area (Å²) in [6.07, 6.45) is 7.33. The molecule has 136 valence electrons. The molecule has 0 spiro atoms. The molecule has 0 amide bonds. The lowest BCUT2D eigenvalue weighted by atomic mass is 9.94. The summed E-state index contributed by atoms with van der Waals surface area (Å²) in [5.41, 5.74) is 2.77. The number of piperidine rings is 1. The first-order valence-electron chi connectivity index (χ1n) is 8.64. The molecule has 0 bridgehead atoms. The molecule has 2 aromatic heterocycles. The zero-order valence-corrected chi connectivity index (χ0v) is 15.8. The smallest absolute Gasteiger partial charge is 0.211 e. The molecule has 0 aromatic carbocycles. The number of hydrogen-bond donors (Lipinski definition) is 0. The standard InChI is InChI=1S/C17H25N5O2S/c1-13(2)22-17(6-7-20-22)16-10-15(18-12-19-16)9-14-5-4-8-21(11-14)25(3,23)24/h6-7,10,12-14H,4-5,8-9,11H2,1-3H3. The first kappa shape index (κ1) is 18.0. The first-order chi connectivity index (χ1) is 11.8. The Balaban J connectivity index is 1.77. The Hall–Kier alpha value is -1.80. The van der Waals surface area contributed by atoms with Gasteiger partial charge in [-0.15, -0.1) is 0 Å². The Morgan fingerprint density at radius 3 is 2.84 bits per heavy atom. The molecule has 0 N–H and O–H groups in total. The van der Waals surface area contributed by atoms with Crippen molar-refractivity contribution >= 4 is 10.0 Å². The number of nitrogens with zero attached hydrogens (tertiary/aromatic N) is 5. The molecule has 0 aliphatic carbocycles. The van der Waals surface area contributed by atoms with E-state index < -0.39 is 10.0 Å². The number of aromatic nitrogens is 4. The summed E-state index contributed by atoms with van der Waals surface area (Å²) < 4.78 is 27.1. The SMILES string of the molecule is CC(C)n1nccc1-c1cc(CC2CCCN(S(C)(=O)=O)C2)ncn1. The Kier molecular flexibility index (Phi) is 5.19. The van der Waals surface area contributed by atoms with Crippen LogP contribution in [0.4, 0.5) is 0 Å². The second kappa shape index (κ2) is 7.21. The van der Waals surface area contributed by atoms with E-state index in [4.69, 9.17) is 0 Å². The van der Waals surface area contributed by atoms with Crippen molar-refractivity contribution in [3.63, 3.8) is 0 Å². The van der Waals surface area contributed by atoms with Crippen molar-refractivity contribution in [3.8, 4) is 11.4 Å². The molecule has 2 aromatic rings. The molecule has 1 unspecified atom stereocenters. The molecule has 8 heteroatoms. The first-order valence-corrected chi connectivity index (χ1v) is 10.5. The van der Waals surface area contributed by atoms with Gasteiger partial charge in [-0.1, -0.05) is 0 Å². The van der Waals surface area contributed by atoms with E-state index >= 15 is 0 Å². The van der Waals surface area contributed by atoms with Gasteiger partial charge in [0.25, 0.3) is 0 Å². The van der Waals surface area contributed by atoms with Crippen LogP contribution in [0.1, 0.15) is 38.4 Å². The topological polar surface area (TPSA) is 81.0 Å². The van der Waals surface area contributed by atoms with Gasteiger partial charge in [0.1, 0.15) is 6.33 Å². The van der Waals surface area contributed by atoms with Crippen LogP contribution in [0.2, 0.25) is 0 Å². The normalized spacial score (nSPS) is 19.4. The van der Waals surface area contributed by atoms with Crippen LogP contribution >= 0.6 is 0 Å². The van der Waals surface area contributed by atoms with Crippen molar-refractivity contribution in [1.29, 1.82) is 0 Å². The van der Waals surface area contributed by atoms with Crippen molar-refractivity contribution in [1.82, 2.24) is 24.1 Å². The third-order valence-corrected chi connectivity index (χ3v) is 5.86. The molecule has 1 atom stereocenters. The quantitative estimate of drug-likeness (QED) is 0.813. The molecule has 1 aliphatic heterocycles. The fourth-order valence-corrected chi connectivity index (χ4v) is 4.31. The van der Waals surface area contributed by atoms with Gasteiger partial charge in [0.05, 0.1) is 17.6 Å². The maximum absolute atomic E-state index is 11.8. The predicted octanol–water partition coefficient (Wildman–Crippen LogP) is 2.14. The summed E-state index contributed by atoms with van der Waals surface area (Å²) in [7, 11) is -3.12. The van der Waals surface area contributed by atoms with Crippen LogP contribution in [0, 0.1) is 5.92 Å². The van der Waals surface area contributed by atoms with Crippen molar-refractivity contribution in [2.24, 2.45) is 5.92 Å². The second-order valence-electron chi connectivity index (χ2n) is 6.98. The zero-order valence-electron chi connectivity index (χ0n) is 15.0. The lowest BCUT2D eigenvalue weighted by molar-refractivity contribution is 0.265. The van der Waals surface area contributed by atoms with Gasteiger partial charge in [-0.25, -0.2) is 22.7 Å². The molecule has 3 heterocycles. The summed E-state index contributed by atoms with van der Waals surface area (Å²) in [5, 5.41) is 4.36. The zero-order chi connectivity index (χ0) is 18.0. The minimum absolute atomic E-state index is 0.255. The Morgan fingerprint density at radius 1 is 1.32 bits per heavy atom. The molecule has 3 rings (SSSR count). The number of rotatable bonds is 5. The van der Waals surface area contributed by atoms with Gasteiger partial charge < -0.3 is 0 Å². The molecule has 0 radical (unpaired) electrons. The van der Waals surface area contributed by atoms with E-state index in [1.807, 2.05) is 16.8 Å². The Bertz CT molecular complexity index is 831. The van der Waals surface area contributed by atoms with E-state index in [0.717, 1.165) is 36.3 Å². The average Bonchev–Trinajstić information content (AvgIpc) is 3.04. The van der Waals surface area contributed by atoms with Gasteiger partial charge in [-0.2, -0.15) is 5.10 Å². The highest BCUT2D eigenvalue weighted by Gasteiger charge is 2.26. The van der Waals surface area contributed by atoms with Crippen molar-refractivity contribution < 1.29 is 8.42 Å². The number of sulfonamides is 1. The largest absolute Gasteiger partial charge is 0.261 e. The van der Waals surface area contributed by atoms with E-state index in [0.29, 0.717) is 19.0 Å². The fourth-order valence-electron chi connectivity index (χ4n) is 3.37. The summed E-state index contributed by atoms with van der Waals surface area (Å²) in [5.74, 6) is 0.293. The van der Waals surface area contributed by atoms with Crippen molar-refractivity contribution in [2.75, 3.05) is 19.3 Å². The van der Waals surface area contributed by atoms with Crippen LogP contribution in [0.15, 0.2) is 24.7 Å². The highest BCUT2D eigenvalue weighted by molar-refractivity contribution is 7.88. The van der Waals surface area contributed by atoms with Gasteiger partial charge in [0.2, 0.25) is 10.0 Å². The maximum atomic E-state index is 11.8. The molecule has 1 saturated heterocycles. The van der Waals surface area contributed by atoms with E-state index in [9.17, 15) is 8.42 Å². The molecule has 1 fully saturated rings. The Labute approximate surface area is 149 Å². The van der Waals surface area contributed by atoms with Crippen LogP contribution in [0.25, 0.3) is 11.4 Å². The summed E-state index contributed by atoms with van der Waals surface area (Å²) in [4.78, 5) is 8.79. The third kappa shape index (κ3) is 4.24. The van der Waals surface area contributed by atoms with Crippen molar-refractivity contribution in [2.45, 2.75) is 39.2 Å². The summed E-state index contributed by atoms with van der Waals surface area (Å²) in [6, 6.07) is 4.21. The maximum Gasteiger partial charge on any atom is 0.211 e. The highest BCUT2D eigenvalue weighted by atomic mass is 32.2. The van der Waals surface area contributed by atoms with Crippen LogP contribution in [0.3, 0.4) is 0 Å². The lowest BCUT2D eigenvalue weighted by Crippen LogP contribution is -2.39. The molecular formula is C17H25N5O2S. The summed E-state index contributed by atoms with van der Waals surface area (Å²) >= 11 is 0. The predicted molar refractivity (Wildman–Crippen MR) is 96.5 cm³/mol.